The SMILES string of the molecule is CCCCCCNC(N)=NCc1ccc2c(c1)OCO2.I. The molecule has 1 heterocycles. The Morgan fingerprint density at radius 3 is 2.86 bits per heavy atom. The Kier molecular flexibility index (Phi) is 8.26. The quantitative estimate of drug-likeness (QED) is 0.317. The topological polar surface area (TPSA) is 68.9 Å². The number of nitrogens with zero attached hydrogens (tertiary/aromatic N) is 1. The predicted octanol–water partition coefficient (Wildman–Crippen LogP) is 3.02. The minimum absolute atomic E-state index is 0. The van der Waals surface area contributed by atoms with Gasteiger partial charge in [0.25, 0.3) is 0 Å². The molecule has 1 aromatic carbocycles. The van der Waals surface area contributed by atoms with Gasteiger partial charge >= 0.3 is 0 Å². The van der Waals surface area contributed by atoms with Gasteiger partial charge in [0.1, 0.15) is 0 Å². The van der Waals surface area contributed by atoms with Gasteiger partial charge in [-0.25, -0.2) is 4.99 Å². The second kappa shape index (κ2) is 9.70. The number of rotatable bonds is 7. The second-order valence-corrected chi connectivity index (χ2v) is 4.88. The van der Waals surface area contributed by atoms with E-state index in [4.69, 9.17) is 15.2 Å². The third-order valence-electron chi connectivity index (χ3n) is 3.21. The van der Waals surface area contributed by atoms with Crippen LogP contribution >= 0.6 is 24.0 Å². The van der Waals surface area contributed by atoms with Crippen molar-refractivity contribution in [3.8, 4) is 11.5 Å². The number of hydrogen-bond acceptors (Lipinski definition) is 3. The molecule has 0 unspecified atom stereocenters. The highest BCUT2D eigenvalue weighted by atomic mass is 127. The molecule has 118 valence electrons. The van der Waals surface area contributed by atoms with Crippen LogP contribution in [0, 0.1) is 0 Å². The van der Waals surface area contributed by atoms with Crippen LogP contribution in [0.2, 0.25) is 0 Å². The van der Waals surface area contributed by atoms with Gasteiger partial charge in [0, 0.05) is 6.54 Å². The van der Waals surface area contributed by atoms with Crippen LogP contribution in [0.15, 0.2) is 23.2 Å². The highest BCUT2D eigenvalue weighted by Crippen LogP contribution is 2.32. The fourth-order valence-electron chi connectivity index (χ4n) is 2.04. The van der Waals surface area contributed by atoms with Gasteiger partial charge in [-0.15, -0.1) is 24.0 Å². The molecule has 0 aromatic heterocycles. The number of nitrogens with two attached hydrogens (primary N) is 1. The summed E-state index contributed by atoms with van der Waals surface area (Å²) in [7, 11) is 0. The first kappa shape index (κ1) is 17.9. The number of ether oxygens (including phenoxy) is 2. The van der Waals surface area contributed by atoms with E-state index in [9.17, 15) is 0 Å². The molecule has 0 atom stereocenters. The smallest absolute Gasteiger partial charge is 0.231 e. The van der Waals surface area contributed by atoms with Crippen LogP contribution in [0.25, 0.3) is 0 Å². The Hall–Kier alpha value is -1.18. The molecule has 6 heteroatoms. The van der Waals surface area contributed by atoms with E-state index in [2.05, 4.69) is 17.2 Å². The van der Waals surface area contributed by atoms with Crippen LogP contribution in [0.3, 0.4) is 0 Å². The summed E-state index contributed by atoms with van der Waals surface area (Å²) in [6, 6.07) is 5.83. The van der Waals surface area contributed by atoms with Gasteiger partial charge in [0.05, 0.1) is 6.54 Å². The van der Waals surface area contributed by atoms with E-state index < -0.39 is 0 Å². The third-order valence-corrected chi connectivity index (χ3v) is 3.21. The molecule has 3 N–H and O–H groups in total. The molecule has 0 aliphatic carbocycles. The van der Waals surface area contributed by atoms with Crippen LogP contribution in [-0.2, 0) is 6.54 Å². The van der Waals surface area contributed by atoms with Crippen LogP contribution in [0.4, 0.5) is 0 Å². The van der Waals surface area contributed by atoms with Gasteiger partial charge in [0.15, 0.2) is 17.5 Å². The predicted molar refractivity (Wildman–Crippen MR) is 95.5 cm³/mol. The van der Waals surface area contributed by atoms with E-state index in [0.717, 1.165) is 30.0 Å². The van der Waals surface area contributed by atoms with Crippen LogP contribution in [0.5, 0.6) is 11.5 Å². The lowest BCUT2D eigenvalue weighted by molar-refractivity contribution is 0.174. The van der Waals surface area contributed by atoms with E-state index in [0.29, 0.717) is 19.3 Å². The Bertz CT molecular complexity index is 466. The molecule has 21 heavy (non-hydrogen) atoms. The van der Waals surface area contributed by atoms with E-state index in [1.165, 1.54) is 19.3 Å². The molecule has 5 nitrogen and oxygen atoms in total. The Morgan fingerprint density at radius 2 is 2.05 bits per heavy atom. The number of fused-ring (bicyclic) bond motifs is 1. The maximum atomic E-state index is 5.83. The van der Waals surface area contributed by atoms with E-state index in [-0.39, 0.29) is 24.0 Å². The standard InChI is InChI=1S/C15H23N3O2.HI/c1-2-3-4-5-8-17-15(16)18-10-12-6-7-13-14(9-12)20-11-19-13;/h6-7,9H,2-5,8,10-11H2,1H3,(H3,16,17,18);1H. The van der Waals surface area contributed by atoms with E-state index in [1.54, 1.807) is 0 Å². The summed E-state index contributed by atoms with van der Waals surface area (Å²) in [5.74, 6) is 2.07. The molecule has 0 saturated carbocycles. The highest BCUT2D eigenvalue weighted by Gasteiger charge is 2.12. The zero-order valence-corrected chi connectivity index (χ0v) is 14.8. The Balaban J connectivity index is 0.00000220. The molecule has 1 aliphatic heterocycles. The Labute approximate surface area is 143 Å². The zero-order chi connectivity index (χ0) is 14.2. The average Bonchev–Trinajstić information content (AvgIpc) is 2.92. The third kappa shape index (κ3) is 5.99. The summed E-state index contributed by atoms with van der Waals surface area (Å²) in [5.41, 5.74) is 6.89. The van der Waals surface area contributed by atoms with Gasteiger partial charge in [-0.3, -0.25) is 0 Å². The van der Waals surface area contributed by atoms with Gasteiger partial charge in [-0.2, -0.15) is 0 Å². The highest BCUT2D eigenvalue weighted by molar-refractivity contribution is 14.0. The molecule has 0 saturated heterocycles. The van der Waals surface area contributed by atoms with E-state index in [1.807, 2.05) is 18.2 Å². The van der Waals surface area contributed by atoms with Crippen LogP contribution < -0.4 is 20.5 Å². The van der Waals surface area contributed by atoms with Crippen molar-refractivity contribution < 1.29 is 9.47 Å². The summed E-state index contributed by atoms with van der Waals surface area (Å²) >= 11 is 0. The van der Waals surface area contributed by atoms with Crippen molar-refractivity contribution in [2.24, 2.45) is 10.7 Å². The first-order valence-corrected chi connectivity index (χ1v) is 7.22. The number of nitrogens with one attached hydrogen (secondary N) is 1. The Morgan fingerprint density at radius 1 is 1.24 bits per heavy atom. The monoisotopic (exact) mass is 405 g/mol. The minimum atomic E-state index is 0. The molecule has 0 bridgehead atoms. The van der Waals surface area contributed by atoms with Crippen molar-refractivity contribution in [3.63, 3.8) is 0 Å². The van der Waals surface area contributed by atoms with Crippen molar-refractivity contribution in [2.45, 2.75) is 39.2 Å². The van der Waals surface area contributed by atoms with Crippen molar-refractivity contribution in [1.29, 1.82) is 0 Å². The number of halogens is 1. The normalized spacial score (nSPS) is 12.9. The molecule has 0 amide bonds. The number of benzene rings is 1. The maximum Gasteiger partial charge on any atom is 0.231 e. The number of aliphatic imine (C=N–C) groups is 1. The minimum Gasteiger partial charge on any atom is -0.454 e. The fourth-order valence-corrected chi connectivity index (χ4v) is 2.04. The molecule has 2 rings (SSSR count). The number of hydrogen-bond donors (Lipinski definition) is 2. The van der Waals surface area contributed by atoms with E-state index >= 15 is 0 Å². The first-order valence-electron chi connectivity index (χ1n) is 7.22. The van der Waals surface area contributed by atoms with Crippen molar-refractivity contribution >= 4 is 29.9 Å². The van der Waals surface area contributed by atoms with Crippen molar-refractivity contribution in [3.05, 3.63) is 23.8 Å². The zero-order valence-electron chi connectivity index (χ0n) is 12.4. The fraction of sp³-hybridized carbons (Fsp3) is 0.533. The largest absolute Gasteiger partial charge is 0.454 e. The second-order valence-electron chi connectivity index (χ2n) is 4.88. The van der Waals surface area contributed by atoms with Gasteiger partial charge in [-0.1, -0.05) is 32.3 Å². The molecule has 1 aliphatic rings. The summed E-state index contributed by atoms with van der Waals surface area (Å²) in [6.07, 6.45) is 4.89. The van der Waals surface area contributed by atoms with Gasteiger partial charge < -0.3 is 20.5 Å². The summed E-state index contributed by atoms with van der Waals surface area (Å²) in [6.45, 7) is 3.93. The van der Waals surface area contributed by atoms with Crippen LogP contribution in [-0.4, -0.2) is 19.3 Å². The van der Waals surface area contributed by atoms with Crippen LogP contribution in [0.1, 0.15) is 38.2 Å². The summed E-state index contributed by atoms with van der Waals surface area (Å²) < 4.78 is 10.6. The van der Waals surface area contributed by atoms with Crippen molar-refractivity contribution in [2.75, 3.05) is 13.3 Å². The molecule has 0 spiro atoms. The lowest BCUT2D eigenvalue weighted by Gasteiger charge is -2.05. The summed E-state index contributed by atoms with van der Waals surface area (Å²) in [4.78, 5) is 4.32. The van der Waals surface area contributed by atoms with Gasteiger partial charge in [0.2, 0.25) is 6.79 Å². The molecule has 1 aromatic rings. The molecular weight excluding hydrogens is 381 g/mol. The molecule has 0 radical (unpaired) electrons. The number of guanidine groups is 1. The molecular formula is C15H24IN3O2. The lowest BCUT2D eigenvalue weighted by Crippen LogP contribution is -2.32. The lowest BCUT2D eigenvalue weighted by atomic mass is 10.2. The molecule has 0 fully saturated rings. The van der Waals surface area contributed by atoms with Gasteiger partial charge in [-0.05, 0) is 24.1 Å². The van der Waals surface area contributed by atoms with Crippen molar-refractivity contribution in [1.82, 2.24) is 5.32 Å². The average molecular weight is 405 g/mol. The first-order chi connectivity index (χ1) is 9.79. The maximum absolute atomic E-state index is 5.83. The summed E-state index contributed by atoms with van der Waals surface area (Å²) in [5, 5.41) is 3.14. The number of unbranched alkanes of at least 4 members (excludes halogenated alkanes) is 3.